The number of nitro groups is 1. The van der Waals surface area contributed by atoms with Crippen LogP contribution in [-0.2, 0) is 10.2 Å². The summed E-state index contributed by atoms with van der Waals surface area (Å²) in [7, 11) is 0. The molecule has 0 aliphatic heterocycles. The summed E-state index contributed by atoms with van der Waals surface area (Å²) in [5, 5.41) is 19.4. The molecule has 184 valence electrons. The molecule has 1 aromatic heterocycles. The van der Waals surface area contributed by atoms with E-state index in [1.807, 2.05) is 20.8 Å². The number of carbonyl (C=O) groups excluding carboxylic acids is 2. The molecule has 0 saturated carbocycles. The molecule has 0 fully saturated rings. The van der Waals surface area contributed by atoms with Gasteiger partial charge in [-0.15, -0.1) is 0 Å². The summed E-state index contributed by atoms with van der Waals surface area (Å²) in [5.41, 5.74) is 1.70. The number of nitrogens with zero attached hydrogens (tertiary/aromatic N) is 4. The molecule has 0 atom stereocenters. The molecule has 0 spiro atoms. The summed E-state index contributed by atoms with van der Waals surface area (Å²) in [6, 6.07) is 13.2. The summed E-state index contributed by atoms with van der Waals surface area (Å²) >= 11 is 6.02. The molecular formula is C25H28ClN5O4. The van der Waals surface area contributed by atoms with Crippen molar-refractivity contribution in [3.8, 4) is 5.69 Å². The van der Waals surface area contributed by atoms with Gasteiger partial charge in [0.1, 0.15) is 12.4 Å². The molecule has 10 heteroatoms. The van der Waals surface area contributed by atoms with E-state index in [9.17, 15) is 19.7 Å². The van der Waals surface area contributed by atoms with E-state index in [0.717, 1.165) is 11.4 Å². The SMILES string of the molecule is CCN(CC(=O)Nc1cc(C(C)(C)C)nn1-c1ccc(Cl)cc1)C(=O)c1ccc(C)c([N+](=O)[O-])c1. The van der Waals surface area contributed by atoms with E-state index in [0.29, 0.717) is 16.4 Å². The fourth-order valence-corrected chi connectivity index (χ4v) is 3.55. The van der Waals surface area contributed by atoms with Crippen molar-refractivity contribution >= 4 is 34.9 Å². The lowest BCUT2D eigenvalue weighted by molar-refractivity contribution is -0.385. The fourth-order valence-electron chi connectivity index (χ4n) is 3.42. The number of aromatic nitrogens is 2. The summed E-state index contributed by atoms with van der Waals surface area (Å²) in [6.45, 7) is 9.42. The highest BCUT2D eigenvalue weighted by molar-refractivity contribution is 6.30. The minimum Gasteiger partial charge on any atom is -0.330 e. The average molecular weight is 498 g/mol. The maximum Gasteiger partial charge on any atom is 0.273 e. The number of nitrogens with one attached hydrogen (secondary N) is 1. The van der Waals surface area contributed by atoms with Crippen molar-refractivity contribution in [2.75, 3.05) is 18.4 Å². The van der Waals surface area contributed by atoms with Crippen molar-refractivity contribution < 1.29 is 14.5 Å². The van der Waals surface area contributed by atoms with Crippen LogP contribution in [-0.4, -0.2) is 44.5 Å². The van der Waals surface area contributed by atoms with Crippen LogP contribution in [0.15, 0.2) is 48.5 Å². The lowest BCUT2D eigenvalue weighted by atomic mass is 9.92. The Morgan fingerprint density at radius 2 is 1.80 bits per heavy atom. The molecule has 0 bridgehead atoms. The van der Waals surface area contributed by atoms with Gasteiger partial charge in [0.15, 0.2) is 0 Å². The zero-order valence-corrected chi connectivity index (χ0v) is 21.1. The van der Waals surface area contributed by atoms with Gasteiger partial charge in [0.25, 0.3) is 11.6 Å². The molecule has 0 aliphatic rings. The third-order valence-electron chi connectivity index (χ3n) is 5.47. The molecule has 3 aromatic rings. The van der Waals surface area contributed by atoms with Crippen LogP contribution in [0.3, 0.4) is 0 Å². The topological polar surface area (TPSA) is 110 Å². The molecule has 0 unspecified atom stereocenters. The van der Waals surface area contributed by atoms with E-state index in [2.05, 4.69) is 10.4 Å². The predicted molar refractivity (Wildman–Crippen MR) is 135 cm³/mol. The number of nitro benzene ring substituents is 1. The highest BCUT2D eigenvalue weighted by Crippen LogP contribution is 2.27. The molecule has 2 aromatic carbocycles. The second kappa shape index (κ2) is 10.3. The average Bonchev–Trinajstić information content (AvgIpc) is 3.22. The van der Waals surface area contributed by atoms with Crippen molar-refractivity contribution in [1.29, 1.82) is 0 Å². The maximum absolute atomic E-state index is 13.0. The van der Waals surface area contributed by atoms with E-state index in [1.165, 1.54) is 23.1 Å². The van der Waals surface area contributed by atoms with Gasteiger partial charge < -0.3 is 10.2 Å². The van der Waals surface area contributed by atoms with Gasteiger partial charge in [0.2, 0.25) is 5.91 Å². The van der Waals surface area contributed by atoms with Gasteiger partial charge in [-0.05, 0) is 44.2 Å². The fraction of sp³-hybridized carbons (Fsp3) is 0.320. The number of hydrogen-bond acceptors (Lipinski definition) is 5. The zero-order chi connectivity index (χ0) is 25.9. The van der Waals surface area contributed by atoms with Gasteiger partial charge in [-0.2, -0.15) is 5.10 Å². The third-order valence-corrected chi connectivity index (χ3v) is 5.72. The smallest absolute Gasteiger partial charge is 0.273 e. The number of anilines is 1. The highest BCUT2D eigenvalue weighted by atomic mass is 35.5. The Bertz CT molecular complexity index is 1260. The Hall–Kier alpha value is -3.72. The van der Waals surface area contributed by atoms with Gasteiger partial charge in [0, 0.05) is 40.2 Å². The number of likely N-dealkylation sites (N-methyl/N-ethyl adjacent to an activating group) is 1. The predicted octanol–water partition coefficient (Wildman–Crippen LogP) is 5.14. The van der Waals surface area contributed by atoms with Crippen LogP contribution in [0.2, 0.25) is 5.02 Å². The standard InChI is InChI=1S/C25H28ClN5O4/c1-6-29(24(33)17-8-7-16(2)20(13-17)31(34)35)15-23(32)27-22-14-21(25(3,4)5)28-30(22)19-11-9-18(26)10-12-19/h7-14H,6,15H2,1-5H3,(H,27,32). The Balaban J connectivity index is 1.84. The monoisotopic (exact) mass is 497 g/mol. The van der Waals surface area contributed by atoms with E-state index >= 15 is 0 Å². The second-order valence-corrected chi connectivity index (χ2v) is 9.62. The summed E-state index contributed by atoms with van der Waals surface area (Å²) in [4.78, 5) is 38.0. The molecular weight excluding hydrogens is 470 g/mol. The molecule has 2 amide bonds. The van der Waals surface area contributed by atoms with Crippen LogP contribution in [0, 0.1) is 17.0 Å². The molecule has 1 heterocycles. The van der Waals surface area contributed by atoms with Crippen molar-refractivity contribution in [2.45, 2.75) is 40.0 Å². The summed E-state index contributed by atoms with van der Waals surface area (Å²) in [6.07, 6.45) is 0. The van der Waals surface area contributed by atoms with Gasteiger partial charge in [-0.1, -0.05) is 38.4 Å². The molecule has 1 N–H and O–H groups in total. The number of hydrogen-bond donors (Lipinski definition) is 1. The largest absolute Gasteiger partial charge is 0.330 e. The van der Waals surface area contributed by atoms with Crippen molar-refractivity contribution in [1.82, 2.24) is 14.7 Å². The number of rotatable bonds is 7. The van der Waals surface area contributed by atoms with Crippen molar-refractivity contribution in [2.24, 2.45) is 0 Å². The first kappa shape index (κ1) is 25.9. The van der Waals surface area contributed by atoms with Gasteiger partial charge in [-0.3, -0.25) is 19.7 Å². The normalized spacial score (nSPS) is 11.3. The third kappa shape index (κ3) is 6.05. The van der Waals surface area contributed by atoms with Crippen LogP contribution in [0.1, 0.15) is 49.3 Å². The van der Waals surface area contributed by atoms with Crippen molar-refractivity contribution in [3.05, 3.63) is 80.5 Å². The first-order valence-corrected chi connectivity index (χ1v) is 11.5. The van der Waals surface area contributed by atoms with Gasteiger partial charge in [0.05, 0.1) is 16.3 Å². The Morgan fingerprint density at radius 1 is 1.14 bits per heavy atom. The lowest BCUT2D eigenvalue weighted by Crippen LogP contribution is -2.38. The highest BCUT2D eigenvalue weighted by Gasteiger charge is 2.24. The van der Waals surface area contributed by atoms with Crippen LogP contribution in [0.4, 0.5) is 11.5 Å². The molecule has 0 aliphatic carbocycles. The van der Waals surface area contributed by atoms with Gasteiger partial charge >= 0.3 is 0 Å². The first-order chi connectivity index (χ1) is 16.4. The Labute approximate surface area is 208 Å². The van der Waals surface area contributed by atoms with E-state index in [1.54, 1.807) is 48.9 Å². The minimum absolute atomic E-state index is 0.141. The number of halogens is 1. The van der Waals surface area contributed by atoms with E-state index in [4.69, 9.17) is 11.6 Å². The van der Waals surface area contributed by atoms with Crippen LogP contribution in [0.5, 0.6) is 0 Å². The Kier molecular flexibility index (Phi) is 7.60. The van der Waals surface area contributed by atoms with Gasteiger partial charge in [-0.25, -0.2) is 4.68 Å². The lowest BCUT2D eigenvalue weighted by Gasteiger charge is -2.20. The molecule has 0 saturated heterocycles. The first-order valence-electron chi connectivity index (χ1n) is 11.1. The maximum atomic E-state index is 13.0. The number of amides is 2. The molecule has 0 radical (unpaired) electrons. The second-order valence-electron chi connectivity index (χ2n) is 9.18. The number of aryl methyl sites for hydroxylation is 1. The van der Waals surface area contributed by atoms with E-state index < -0.39 is 16.7 Å². The Morgan fingerprint density at radius 3 is 2.37 bits per heavy atom. The van der Waals surface area contributed by atoms with E-state index in [-0.39, 0.29) is 29.8 Å². The summed E-state index contributed by atoms with van der Waals surface area (Å²) in [5.74, 6) is -0.429. The zero-order valence-electron chi connectivity index (χ0n) is 20.3. The van der Waals surface area contributed by atoms with Crippen molar-refractivity contribution in [3.63, 3.8) is 0 Å². The summed E-state index contributed by atoms with van der Waals surface area (Å²) < 4.78 is 1.62. The van der Waals surface area contributed by atoms with Crippen LogP contribution < -0.4 is 5.32 Å². The molecule has 35 heavy (non-hydrogen) atoms. The number of carbonyl (C=O) groups is 2. The molecule has 3 rings (SSSR count). The van der Waals surface area contributed by atoms with Crippen LogP contribution in [0.25, 0.3) is 5.69 Å². The number of benzene rings is 2. The quantitative estimate of drug-likeness (QED) is 0.359. The molecule has 9 nitrogen and oxygen atoms in total. The minimum atomic E-state index is -0.528. The van der Waals surface area contributed by atoms with Crippen LogP contribution >= 0.6 is 11.6 Å².